The van der Waals surface area contributed by atoms with E-state index in [1.54, 1.807) is 12.2 Å². The minimum absolute atomic E-state index is 0.373. The molecule has 0 unspecified atom stereocenters. The third-order valence-corrected chi connectivity index (χ3v) is 2.66. The molecule has 1 heterocycles. The summed E-state index contributed by atoms with van der Waals surface area (Å²) in [6, 6.07) is 0. The zero-order valence-corrected chi connectivity index (χ0v) is 14.1. The molecule has 0 amide bonds. The molecule has 134 valence electrons. The Labute approximate surface area is 144 Å². The maximum atomic E-state index is 5.38. The lowest BCUT2D eigenvalue weighted by molar-refractivity contribution is -0.0142. The first kappa shape index (κ1) is 20.7. The van der Waals surface area contributed by atoms with Crippen LogP contribution in [0.1, 0.15) is 0 Å². The molecule has 1 aliphatic rings. The van der Waals surface area contributed by atoms with Crippen molar-refractivity contribution in [1.29, 1.82) is 0 Å². The predicted octanol–water partition coefficient (Wildman–Crippen LogP) is 0.663. The fourth-order valence-electron chi connectivity index (χ4n) is 1.53. The van der Waals surface area contributed by atoms with E-state index in [4.69, 9.17) is 28.4 Å². The third-order valence-electron chi connectivity index (χ3n) is 2.66. The maximum Gasteiger partial charge on any atom is 0.108 e. The van der Waals surface area contributed by atoms with Gasteiger partial charge in [-0.1, -0.05) is 23.7 Å². The SMILES string of the molecule is C1#CCOCCOCCOCCOCCOCCOCC#CC=C1. The van der Waals surface area contributed by atoms with E-state index in [9.17, 15) is 0 Å². The van der Waals surface area contributed by atoms with E-state index in [-0.39, 0.29) is 0 Å². The van der Waals surface area contributed by atoms with Gasteiger partial charge in [0.05, 0.1) is 66.1 Å². The molecule has 6 heteroatoms. The maximum absolute atomic E-state index is 5.38. The Balaban J connectivity index is 2.18. The Hall–Kier alpha value is -1.38. The van der Waals surface area contributed by atoms with Gasteiger partial charge in [0.15, 0.2) is 0 Å². The molecule has 0 saturated heterocycles. The largest absolute Gasteiger partial charge is 0.377 e. The van der Waals surface area contributed by atoms with E-state index in [1.807, 2.05) is 0 Å². The molecule has 0 aliphatic carbocycles. The number of hydrogen-bond acceptors (Lipinski definition) is 6. The van der Waals surface area contributed by atoms with Crippen LogP contribution >= 0.6 is 0 Å². The van der Waals surface area contributed by atoms with Gasteiger partial charge in [0.2, 0.25) is 0 Å². The highest BCUT2D eigenvalue weighted by Crippen LogP contribution is 1.84. The van der Waals surface area contributed by atoms with Gasteiger partial charge in [0.25, 0.3) is 0 Å². The quantitative estimate of drug-likeness (QED) is 0.605. The number of ether oxygens (including phenoxy) is 6. The first-order valence-corrected chi connectivity index (χ1v) is 8.08. The highest BCUT2D eigenvalue weighted by molar-refractivity contribution is 5.24. The Morgan fingerprint density at radius 3 is 1.04 bits per heavy atom. The summed E-state index contributed by atoms with van der Waals surface area (Å²) >= 11 is 0. The monoisotopic (exact) mass is 338 g/mol. The van der Waals surface area contributed by atoms with Crippen molar-refractivity contribution in [3.63, 3.8) is 0 Å². The fraction of sp³-hybridized carbons (Fsp3) is 0.667. The fourth-order valence-corrected chi connectivity index (χ4v) is 1.53. The van der Waals surface area contributed by atoms with Crippen LogP contribution in [-0.2, 0) is 28.4 Å². The van der Waals surface area contributed by atoms with Gasteiger partial charge in [-0.3, -0.25) is 0 Å². The molecule has 6 nitrogen and oxygen atoms in total. The summed E-state index contributed by atoms with van der Waals surface area (Å²) < 4.78 is 32.1. The molecule has 0 N–H and O–H groups in total. The summed E-state index contributed by atoms with van der Waals surface area (Å²) in [7, 11) is 0. The average molecular weight is 338 g/mol. The molecule has 1 aliphatic heterocycles. The molecule has 0 aromatic rings. The van der Waals surface area contributed by atoms with Gasteiger partial charge >= 0.3 is 0 Å². The summed E-state index contributed by atoms with van der Waals surface area (Å²) in [6.07, 6.45) is 3.37. The molecular weight excluding hydrogens is 312 g/mol. The second-order valence-electron chi connectivity index (χ2n) is 4.53. The minimum atomic E-state index is 0.373. The highest BCUT2D eigenvalue weighted by Gasteiger charge is 1.93. The molecule has 0 bridgehead atoms. The summed E-state index contributed by atoms with van der Waals surface area (Å²) in [4.78, 5) is 0. The normalized spacial score (nSPS) is 20.7. The second-order valence-corrected chi connectivity index (χ2v) is 4.53. The van der Waals surface area contributed by atoms with Crippen LogP contribution in [-0.4, -0.2) is 79.3 Å². The number of allylic oxidation sites excluding steroid dienone is 2. The zero-order valence-electron chi connectivity index (χ0n) is 14.1. The summed E-state index contributed by atoms with van der Waals surface area (Å²) in [5.74, 6) is 11.4. The molecule has 0 fully saturated rings. The van der Waals surface area contributed by atoms with Gasteiger partial charge in [0, 0.05) is 0 Å². The molecule has 0 aromatic carbocycles. The first-order valence-electron chi connectivity index (χ1n) is 8.08. The predicted molar refractivity (Wildman–Crippen MR) is 89.6 cm³/mol. The summed E-state index contributed by atoms with van der Waals surface area (Å²) in [5, 5.41) is 0. The van der Waals surface area contributed by atoms with Crippen LogP contribution in [0.3, 0.4) is 0 Å². The molecule has 24 heavy (non-hydrogen) atoms. The first-order chi connectivity index (χ1) is 12.0. The topological polar surface area (TPSA) is 55.4 Å². The smallest absolute Gasteiger partial charge is 0.108 e. The Bertz CT molecular complexity index is 386. The molecular formula is C18H26O6. The van der Waals surface area contributed by atoms with E-state index in [0.29, 0.717) is 79.3 Å². The van der Waals surface area contributed by atoms with Crippen LogP contribution < -0.4 is 0 Å². The standard InChI is InChI=1S/C18H26O6/c1-2-4-6-8-20-10-12-22-14-16-24-18-17-23-15-13-21-11-9-19-7-5-3-1/h1-2H,7-18H2. The van der Waals surface area contributed by atoms with E-state index in [1.165, 1.54) is 0 Å². The lowest BCUT2D eigenvalue weighted by atomic mass is 10.4. The van der Waals surface area contributed by atoms with Crippen LogP contribution in [0.15, 0.2) is 12.2 Å². The van der Waals surface area contributed by atoms with Crippen molar-refractivity contribution in [2.45, 2.75) is 0 Å². The lowest BCUT2D eigenvalue weighted by Gasteiger charge is -2.07. The lowest BCUT2D eigenvalue weighted by Crippen LogP contribution is -2.14. The van der Waals surface area contributed by atoms with Gasteiger partial charge in [-0.25, -0.2) is 0 Å². The van der Waals surface area contributed by atoms with Gasteiger partial charge in [-0.05, 0) is 12.2 Å². The van der Waals surface area contributed by atoms with Crippen molar-refractivity contribution in [2.75, 3.05) is 79.3 Å². The molecule has 0 aromatic heterocycles. The summed E-state index contributed by atoms with van der Waals surface area (Å²) in [5.41, 5.74) is 0. The van der Waals surface area contributed by atoms with Gasteiger partial charge in [-0.15, -0.1) is 0 Å². The van der Waals surface area contributed by atoms with Crippen molar-refractivity contribution in [1.82, 2.24) is 0 Å². The van der Waals surface area contributed by atoms with Crippen LogP contribution in [0.2, 0.25) is 0 Å². The molecule has 0 radical (unpaired) electrons. The summed E-state index contributed by atoms with van der Waals surface area (Å²) in [6.45, 7) is 6.09. The molecule has 0 spiro atoms. The highest BCUT2D eigenvalue weighted by atomic mass is 16.6. The van der Waals surface area contributed by atoms with Gasteiger partial charge in [0.1, 0.15) is 13.2 Å². The molecule has 1 rings (SSSR count). The van der Waals surface area contributed by atoms with Crippen LogP contribution in [0.4, 0.5) is 0 Å². The van der Waals surface area contributed by atoms with E-state index >= 15 is 0 Å². The van der Waals surface area contributed by atoms with Crippen LogP contribution in [0.25, 0.3) is 0 Å². The Morgan fingerprint density at radius 2 is 0.708 bits per heavy atom. The number of rotatable bonds is 0. The second kappa shape index (κ2) is 18.0. The van der Waals surface area contributed by atoms with Crippen molar-refractivity contribution < 1.29 is 28.4 Å². The van der Waals surface area contributed by atoms with E-state index in [2.05, 4.69) is 23.7 Å². The van der Waals surface area contributed by atoms with E-state index < -0.39 is 0 Å². The van der Waals surface area contributed by atoms with Crippen molar-refractivity contribution in [2.24, 2.45) is 0 Å². The van der Waals surface area contributed by atoms with Crippen molar-refractivity contribution in [3.8, 4) is 23.7 Å². The zero-order chi connectivity index (χ0) is 17.0. The van der Waals surface area contributed by atoms with Gasteiger partial charge < -0.3 is 28.4 Å². The van der Waals surface area contributed by atoms with Crippen LogP contribution in [0, 0.1) is 23.7 Å². The number of hydrogen-bond donors (Lipinski definition) is 0. The molecule has 0 atom stereocenters. The van der Waals surface area contributed by atoms with Crippen LogP contribution in [0.5, 0.6) is 0 Å². The van der Waals surface area contributed by atoms with Crippen molar-refractivity contribution in [3.05, 3.63) is 12.2 Å². The Kier molecular flexibility index (Phi) is 15.5. The molecule has 0 saturated carbocycles. The third kappa shape index (κ3) is 15.5. The van der Waals surface area contributed by atoms with E-state index in [0.717, 1.165) is 0 Å². The van der Waals surface area contributed by atoms with Crippen molar-refractivity contribution >= 4 is 0 Å². The minimum Gasteiger partial charge on any atom is -0.377 e. The Morgan fingerprint density at radius 1 is 0.417 bits per heavy atom. The average Bonchev–Trinajstić information content (AvgIpc) is 2.59. The van der Waals surface area contributed by atoms with Gasteiger partial charge in [-0.2, -0.15) is 0 Å².